The molecule has 0 radical (unpaired) electrons. The Morgan fingerprint density at radius 1 is 1.00 bits per heavy atom. The van der Waals surface area contributed by atoms with E-state index in [1.54, 1.807) is 0 Å². The molecule has 0 spiro atoms. The number of hydrogen-bond donors (Lipinski definition) is 0. The first-order valence-electron chi connectivity index (χ1n) is 11.0. The maximum atomic E-state index is 6.42. The zero-order chi connectivity index (χ0) is 20.9. The first-order valence-corrected chi connectivity index (χ1v) is 14.1. The molecule has 29 heavy (non-hydrogen) atoms. The van der Waals surface area contributed by atoms with Crippen molar-refractivity contribution in [1.29, 1.82) is 0 Å². The molecule has 4 rings (SSSR count). The Labute approximate surface area is 177 Å². The van der Waals surface area contributed by atoms with E-state index in [0.717, 1.165) is 12.3 Å². The van der Waals surface area contributed by atoms with Crippen molar-refractivity contribution in [2.45, 2.75) is 70.6 Å². The average molecular weight is 406 g/mol. The van der Waals surface area contributed by atoms with E-state index < -0.39 is 8.07 Å². The number of ether oxygens (including phenoxy) is 1. The molecule has 3 atom stereocenters. The van der Waals surface area contributed by atoms with Gasteiger partial charge in [-0.05, 0) is 41.8 Å². The predicted octanol–water partition coefficient (Wildman–Crippen LogP) is 5.72. The third kappa shape index (κ3) is 3.38. The number of aliphatic imine (C=N–C) groups is 1. The second-order valence-corrected chi connectivity index (χ2v) is 15.4. The van der Waals surface area contributed by atoms with Crippen LogP contribution in [0.4, 0.5) is 0 Å². The molecule has 2 aromatic rings. The molecular weight excluding hydrogens is 370 g/mol. The Balaban J connectivity index is 1.86. The molecule has 0 bridgehead atoms. The van der Waals surface area contributed by atoms with Crippen LogP contribution in [-0.4, -0.2) is 26.6 Å². The van der Waals surface area contributed by atoms with Crippen LogP contribution < -0.4 is 5.19 Å². The molecule has 3 heteroatoms. The van der Waals surface area contributed by atoms with Crippen molar-refractivity contribution in [1.82, 2.24) is 0 Å². The van der Waals surface area contributed by atoms with Crippen molar-refractivity contribution in [3.05, 3.63) is 65.7 Å². The molecule has 0 unspecified atom stereocenters. The van der Waals surface area contributed by atoms with Crippen LogP contribution in [0.5, 0.6) is 0 Å². The summed E-state index contributed by atoms with van der Waals surface area (Å²) in [6.07, 6.45) is 2.35. The molecule has 1 aliphatic heterocycles. The highest BCUT2D eigenvalue weighted by Gasteiger charge is 2.54. The summed E-state index contributed by atoms with van der Waals surface area (Å²) in [6.45, 7) is 15.0. The number of rotatable bonds is 3. The molecule has 0 aromatic heterocycles. The van der Waals surface area contributed by atoms with Crippen LogP contribution in [0.15, 0.2) is 59.6 Å². The number of aryl methyl sites for hydroxylation is 1. The van der Waals surface area contributed by atoms with Crippen LogP contribution in [0.2, 0.25) is 18.6 Å². The van der Waals surface area contributed by atoms with Crippen molar-refractivity contribution in [3.63, 3.8) is 0 Å². The molecule has 0 amide bonds. The van der Waals surface area contributed by atoms with Crippen LogP contribution in [0.3, 0.4) is 0 Å². The molecule has 2 aliphatic rings. The fraction of sp³-hybridized carbons (Fsp3) is 0.500. The second-order valence-electron chi connectivity index (χ2n) is 10.7. The lowest BCUT2D eigenvalue weighted by Gasteiger charge is -2.49. The van der Waals surface area contributed by atoms with Crippen LogP contribution in [0, 0.1) is 5.41 Å². The molecular formula is C26H35NOSi. The summed E-state index contributed by atoms with van der Waals surface area (Å²) in [6, 6.07) is 20.4. The first-order chi connectivity index (χ1) is 13.6. The maximum Gasteiger partial charge on any atom is 0.194 e. The number of nitrogens with zero attached hydrogens (tertiary/aromatic N) is 1. The quantitative estimate of drug-likeness (QED) is 0.599. The number of benzene rings is 2. The van der Waals surface area contributed by atoms with Gasteiger partial charge in [-0.1, -0.05) is 93.6 Å². The van der Waals surface area contributed by atoms with Gasteiger partial charge in [0.25, 0.3) is 0 Å². The van der Waals surface area contributed by atoms with Gasteiger partial charge in [-0.3, -0.25) is 0 Å². The summed E-state index contributed by atoms with van der Waals surface area (Å²) in [5.41, 5.74) is 3.40. The van der Waals surface area contributed by atoms with Gasteiger partial charge in [0.05, 0.1) is 19.5 Å². The molecule has 1 aliphatic carbocycles. The van der Waals surface area contributed by atoms with E-state index >= 15 is 0 Å². The summed E-state index contributed by atoms with van der Waals surface area (Å²) in [5.74, 6) is 0.978. The third-order valence-corrected chi connectivity index (χ3v) is 11.9. The van der Waals surface area contributed by atoms with Gasteiger partial charge in [-0.2, -0.15) is 0 Å². The van der Waals surface area contributed by atoms with Crippen LogP contribution in [0.1, 0.15) is 45.2 Å². The Morgan fingerprint density at radius 2 is 1.66 bits per heavy atom. The Morgan fingerprint density at radius 3 is 2.31 bits per heavy atom. The molecule has 154 valence electrons. The SMILES string of the molecule is CC(C)(C)[C@H]1COC([C@]2(C)c3ccccc3CC[C@@H]2[Si](C)(C)c2ccccc2)=N1. The lowest BCUT2D eigenvalue weighted by Crippen LogP contribution is -2.57. The molecule has 2 nitrogen and oxygen atoms in total. The molecule has 0 N–H and O–H groups in total. The van der Waals surface area contributed by atoms with E-state index in [1.807, 2.05) is 0 Å². The summed E-state index contributed by atoms with van der Waals surface area (Å²) < 4.78 is 6.42. The van der Waals surface area contributed by atoms with E-state index in [4.69, 9.17) is 9.73 Å². The molecule has 1 heterocycles. The van der Waals surface area contributed by atoms with E-state index in [0.29, 0.717) is 12.1 Å². The van der Waals surface area contributed by atoms with Crippen molar-refractivity contribution >= 4 is 19.2 Å². The van der Waals surface area contributed by atoms with Gasteiger partial charge < -0.3 is 4.74 Å². The summed E-state index contributed by atoms with van der Waals surface area (Å²) in [4.78, 5) is 5.23. The standard InChI is InChI=1S/C26H35NOSi/c1-25(2,3)22-18-28-24(27-22)26(4)21-15-11-10-12-19(21)16-17-23(26)29(5,6)20-13-8-7-9-14-20/h7-15,22-23H,16-18H2,1-6H3/t22-,23+,26-/m1/s1. The highest BCUT2D eigenvalue weighted by Crippen LogP contribution is 2.52. The molecule has 0 saturated heterocycles. The van der Waals surface area contributed by atoms with Crippen LogP contribution >= 0.6 is 0 Å². The van der Waals surface area contributed by atoms with Gasteiger partial charge in [-0.15, -0.1) is 0 Å². The maximum absolute atomic E-state index is 6.42. The average Bonchev–Trinajstić information content (AvgIpc) is 3.20. The van der Waals surface area contributed by atoms with Gasteiger partial charge in [0, 0.05) is 0 Å². The van der Waals surface area contributed by atoms with Crippen molar-refractivity contribution in [2.24, 2.45) is 10.4 Å². The lowest BCUT2D eigenvalue weighted by molar-refractivity contribution is 0.224. The van der Waals surface area contributed by atoms with Gasteiger partial charge >= 0.3 is 0 Å². The van der Waals surface area contributed by atoms with Crippen molar-refractivity contribution < 1.29 is 4.74 Å². The van der Waals surface area contributed by atoms with E-state index in [-0.39, 0.29) is 16.9 Å². The van der Waals surface area contributed by atoms with Crippen LogP contribution in [-0.2, 0) is 16.6 Å². The summed E-state index contributed by atoms with van der Waals surface area (Å²) in [7, 11) is -1.78. The summed E-state index contributed by atoms with van der Waals surface area (Å²) >= 11 is 0. The minimum Gasteiger partial charge on any atom is -0.478 e. The zero-order valence-electron chi connectivity index (χ0n) is 18.8. The highest BCUT2D eigenvalue weighted by molar-refractivity contribution is 6.91. The van der Waals surface area contributed by atoms with Crippen LogP contribution in [0.25, 0.3) is 0 Å². The minimum absolute atomic E-state index is 0.119. The van der Waals surface area contributed by atoms with E-state index in [1.165, 1.54) is 22.7 Å². The molecule has 0 saturated carbocycles. The third-order valence-electron chi connectivity index (χ3n) is 7.46. The van der Waals surface area contributed by atoms with Gasteiger partial charge in [0.15, 0.2) is 5.90 Å². The predicted molar refractivity (Wildman–Crippen MR) is 126 cm³/mol. The largest absolute Gasteiger partial charge is 0.478 e. The highest BCUT2D eigenvalue weighted by atomic mass is 28.3. The number of hydrogen-bond acceptors (Lipinski definition) is 2. The smallest absolute Gasteiger partial charge is 0.194 e. The summed E-state index contributed by atoms with van der Waals surface area (Å²) in [5, 5.41) is 1.53. The van der Waals surface area contributed by atoms with Gasteiger partial charge in [0.1, 0.15) is 6.61 Å². The monoisotopic (exact) mass is 405 g/mol. The van der Waals surface area contributed by atoms with Gasteiger partial charge in [-0.25, -0.2) is 4.99 Å². The number of fused-ring (bicyclic) bond motifs is 1. The van der Waals surface area contributed by atoms with Gasteiger partial charge in [0.2, 0.25) is 0 Å². The fourth-order valence-electron chi connectivity index (χ4n) is 5.54. The Kier molecular flexibility index (Phi) is 5.01. The Hall–Kier alpha value is -1.87. The topological polar surface area (TPSA) is 21.6 Å². The molecule has 2 aromatic carbocycles. The fourth-order valence-corrected chi connectivity index (χ4v) is 9.58. The second kappa shape index (κ2) is 7.12. The van der Waals surface area contributed by atoms with E-state index in [9.17, 15) is 0 Å². The van der Waals surface area contributed by atoms with Crippen molar-refractivity contribution in [2.75, 3.05) is 6.61 Å². The lowest BCUT2D eigenvalue weighted by atomic mass is 9.70. The Bertz CT molecular complexity index is 912. The van der Waals surface area contributed by atoms with Crippen molar-refractivity contribution in [3.8, 4) is 0 Å². The minimum atomic E-state index is -1.78. The molecule has 0 fully saturated rings. The zero-order valence-corrected chi connectivity index (χ0v) is 19.8. The normalized spacial score (nSPS) is 27.2. The van der Waals surface area contributed by atoms with E-state index in [2.05, 4.69) is 95.4 Å². The first kappa shape index (κ1) is 20.4.